The Hall–Kier alpha value is -2.78. The lowest BCUT2D eigenvalue weighted by molar-refractivity contribution is 0.0856. The molecule has 0 bridgehead atoms. The molecule has 0 spiro atoms. The number of hydrogen-bond donors (Lipinski definition) is 3. The van der Waals surface area contributed by atoms with Crippen molar-refractivity contribution < 1.29 is 4.74 Å². The number of piperazine rings is 1. The lowest BCUT2D eigenvalue weighted by Gasteiger charge is -2.36. The third-order valence-electron chi connectivity index (χ3n) is 6.46. The van der Waals surface area contributed by atoms with E-state index < -0.39 is 0 Å². The first-order valence-corrected chi connectivity index (χ1v) is 11.6. The molecule has 32 heavy (non-hydrogen) atoms. The summed E-state index contributed by atoms with van der Waals surface area (Å²) in [5, 5.41) is 8.23. The van der Waals surface area contributed by atoms with E-state index in [1.807, 2.05) is 12.3 Å². The van der Waals surface area contributed by atoms with Gasteiger partial charge in [-0.1, -0.05) is 0 Å². The highest BCUT2D eigenvalue weighted by Crippen LogP contribution is 2.35. The van der Waals surface area contributed by atoms with Crippen molar-refractivity contribution in [3.05, 3.63) is 36.0 Å². The molecule has 0 amide bonds. The van der Waals surface area contributed by atoms with Crippen molar-refractivity contribution in [2.45, 2.75) is 57.7 Å². The third kappa shape index (κ3) is 4.27. The maximum Gasteiger partial charge on any atom is 0.225 e. The Morgan fingerprint density at radius 1 is 1.12 bits per heavy atom. The van der Waals surface area contributed by atoms with E-state index >= 15 is 0 Å². The van der Waals surface area contributed by atoms with E-state index in [9.17, 15) is 0 Å². The Labute approximate surface area is 188 Å². The maximum atomic E-state index is 5.56. The molecule has 2 saturated heterocycles. The fourth-order valence-corrected chi connectivity index (χ4v) is 4.95. The number of H-pyrrole nitrogens is 1. The standard InChI is InChI=1S/C23H32N8O/c1-14-11-31(12-15(2)28-14)23-24-7-4-19(30-23)16(3)29-22-20-18(17-5-8-32-9-6-17)10-25-21(20)26-13-27-22/h4,7,10,13-17,28H,5-6,8-9,11-12H2,1-3H3,(H2,25,26,27,29)/t14-,15+,16?. The number of anilines is 2. The average molecular weight is 437 g/mol. The summed E-state index contributed by atoms with van der Waals surface area (Å²) < 4.78 is 5.56. The van der Waals surface area contributed by atoms with E-state index in [1.165, 1.54) is 5.56 Å². The zero-order valence-electron chi connectivity index (χ0n) is 19.0. The van der Waals surface area contributed by atoms with Crippen molar-refractivity contribution in [1.82, 2.24) is 30.2 Å². The number of aromatic amines is 1. The quantitative estimate of drug-likeness (QED) is 0.561. The van der Waals surface area contributed by atoms with E-state index in [0.717, 1.165) is 67.6 Å². The lowest BCUT2D eigenvalue weighted by Crippen LogP contribution is -2.54. The van der Waals surface area contributed by atoms with Gasteiger partial charge < -0.3 is 25.3 Å². The molecular weight excluding hydrogens is 404 g/mol. The van der Waals surface area contributed by atoms with Crippen LogP contribution in [-0.2, 0) is 4.74 Å². The van der Waals surface area contributed by atoms with Gasteiger partial charge in [0, 0.05) is 50.8 Å². The van der Waals surface area contributed by atoms with Crippen LogP contribution in [0.3, 0.4) is 0 Å². The van der Waals surface area contributed by atoms with Crippen LogP contribution in [-0.4, -0.2) is 63.3 Å². The molecule has 9 heteroatoms. The van der Waals surface area contributed by atoms with Gasteiger partial charge >= 0.3 is 0 Å². The number of hydrogen-bond acceptors (Lipinski definition) is 8. The molecule has 2 fully saturated rings. The SMILES string of the molecule is CC(Nc1ncnc2[nH]cc(C3CCOCC3)c12)c1ccnc(N2C[C@@H](C)N[C@@H](C)C2)n1. The first-order valence-electron chi connectivity index (χ1n) is 11.6. The molecule has 2 aliphatic rings. The lowest BCUT2D eigenvalue weighted by atomic mass is 9.92. The van der Waals surface area contributed by atoms with Gasteiger partial charge in [-0.2, -0.15) is 0 Å². The van der Waals surface area contributed by atoms with Crippen molar-refractivity contribution in [2.75, 3.05) is 36.5 Å². The second-order valence-corrected chi connectivity index (χ2v) is 9.10. The molecular formula is C23H32N8O. The van der Waals surface area contributed by atoms with Crippen LogP contribution in [0.5, 0.6) is 0 Å². The van der Waals surface area contributed by atoms with Crippen molar-refractivity contribution in [2.24, 2.45) is 0 Å². The normalized spacial score (nSPS) is 23.4. The second kappa shape index (κ2) is 8.99. The van der Waals surface area contributed by atoms with E-state index in [-0.39, 0.29) is 6.04 Å². The van der Waals surface area contributed by atoms with Gasteiger partial charge in [0.25, 0.3) is 0 Å². The van der Waals surface area contributed by atoms with Gasteiger partial charge in [-0.15, -0.1) is 0 Å². The second-order valence-electron chi connectivity index (χ2n) is 9.10. The number of aromatic nitrogens is 5. The molecule has 2 aliphatic heterocycles. The molecule has 3 aromatic rings. The number of fused-ring (bicyclic) bond motifs is 1. The maximum absolute atomic E-state index is 5.56. The minimum atomic E-state index is -0.0231. The van der Waals surface area contributed by atoms with Crippen molar-refractivity contribution in [3.63, 3.8) is 0 Å². The highest BCUT2D eigenvalue weighted by molar-refractivity contribution is 5.91. The number of nitrogens with zero attached hydrogens (tertiary/aromatic N) is 5. The summed E-state index contributed by atoms with van der Waals surface area (Å²) in [6.07, 6.45) is 7.59. The molecule has 3 N–H and O–H groups in total. The molecule has 0 aromatic carbocycles. The molecule has 3 atom stereocenters. The minimum absolute atomic E-state index is 0.0231. The molecule has 3 aromatic heterocycles. The van der Waals surface area contributed by atoms with Gasteiger partial charge in [0.1, 0.15) is 17.8 Å². The van der Waals surface area contributed by atoms with Crippen LogP contribution in [0.25, 0.3) is 11.0 Å². The molecule has 5 rings (SSSR count). The molecule has 0 radical (unpaired) electrons. The van der Waals surface area contributed by atoms with Crippen LogP contribution >= 0.6 is 0 Å². The van der Waals surface area contributed by atoms with E-state index in [0.29, 0.717) is 18.0 Å². The molecule has 9 nitrogen and oxygen atoms in total. The summed E-state index contributed by atoms with van der Waals surface area (Å²) in [7, 11) is 0. The highest BCUT2D eigenvalue weighted by atomic mass is 16.5. The number of rotatable bonds is 5. The summed E-state index contributed by atoms with van der Waals surface area (Å²) in [5.74, 6) is 2.09. The van der Waals surface area contributed by atoms with Gasteiger partial charge in [0.15, 0.2) is 0 Å². The first-order chi connectivity index (χ1) is 15.6. The van der Waals surface area contributed by atoms with E-state index in [4.69, 9.17) is 9.72 Å². The van der Waals surface area contributed by atoms with Crippen molar-refractivity contribution >= 4 is 22.8 Å². The van der Waals surface area contributed by atoms with E-state index in [2.05, 4.69) is 62.4 Å². The predicted molar refractivity (Wildman–Crippen MR) is 125 cm³/mol. The van der Waals surface area contributed by atoms with Gasteiger partial charge in [-0.25, -0.2) is 19.9 Å². The molecule has 5 heterocycles. The smallest absolute Gasteiger partial charge is 0.225 e. The van der Waals surface area contributed by atoms with Crippen LogP contribution in [0, 0.1) is 0 Å². The summed E-state index contributed by atoms with van der Waals surface area (Å²) >= 11 is 0. The Morgan fingerprint density at radius 2 is 1.91 bits per heavy atom. The Bertz CT molecular complexity index is 1050. The number of nitrogens with one attached hydrogen (secondary N) is 3. The first kappa shape index (κ1) is 21.1. The zero-order valence-corrected chi connectivity index (χ0v) is 19.0. The van der Waals surface area contributed by atoms with Crippen LogP contribution in [0.1, 0.15) is 56.8 Å². The van der Waals surface area contributed by atoms with Crippen LogP contribution in [0.15, 0.2) is 24.8 Å². The fourth-order valence-electron chi connectivity index (χ4n) is 4.95. The predicted octanol–water partition coefficient (Wildman–Crippen LogP) is 3.00. The summed E-state index contributed by atoms with van der Waals surface area (Å²) in [5.41, 5.74) is 3.08. The highest BCUT2D eigenvalue weighted by Gasteiger charge is 2.25. The van der Waals surface area contributed by atoms with E-state index in [1.54, 1.807) is 6.33 Å². The number of ether oxygens (including phenoxy) is 1. The fraction of sp³-hybridized carbons (Fsp3) is 0.565. The van der Waals surface area contributed by atoms with Crippen LogP contribution in [0.4, 0.5) is 11.8 Å². The minimum Gasteiger partial charge on any atom is -0.381 e. The largest absolute Gasteiger partial charge is 0.381 e. The zero-order chi connectivity index (χ0) is 22.1. The monoisotopic (exact) mass is 436 g/mol. The molecule has 1 unspecified atom stereocenters. The molecule has 0 aliphatic carbocycles. The average Bonchev–Trinajstić information content (AvgIpc) is 3.24. The third-order valence-corrected chi connectivity index (χ3v) is 6.46. The topological polar surface area (TPSA) is 104 Å². The summed E-state index contributed by atoms with van der Waals surface area (Å²) in [4.78, 5) is 24.1. The summed E-state index contributed by atoms with van der Waals surface area (Å²) in [6.45, 7) is 9.92. The van der Waals surface area contributed by atoms with Gasteiger partial charge in [0.2, 0.25) is 5.95 Å². The van der Waals surface area contributed by atoms with Crippen molar-refractivity contribution in [1.29, 1.82) is 0 Å². The Morgan fingerprint density at radius 3 is 2.69 bits per heavy atom. The van der Waals surface area contributed by atoms with Crippen molar-refractivity contribution in [3.8, 4) is 0 Å². The molecule has 170 valence electrons. The van der Waals surface area contributed by atoms with Crippen LogP contribution in [0.2, 0.25) is 0 Å². The van der Waals surface area contributed by atoms with Gasteiger partial charge in [-0.3, -0.25) is 0 Å². The van der Waals surface area contributed by atoms with Crippen LogP contribution < -0.4 is 15.5 Å². The summed E-state index contributed by atoms with van der Waals surface area (Å²) in [6, 6.07) is 2.77. The Kier molecular flexibility index (Phi) is 5.93. The molecule has 0 saturated carbocycles. The van der Waals surface area contributed by atoms with Gasteiger partial charge in [0.05, 0.1) is 17.1 Å². The van der Waals surface area contributed by atoms with Gasteiger partial charge in [-0.05, 0) is 51.2 Å². The Balaban J connectivity index is 1.39.